The van der Waals surface area contributed by atoms with Crippen LogP contribution in [0.25, 0.3) is 11.1 Å². The number of ether oxygens (including phenoxy) is 1. The van der Waals surface area contributed by atoms with E-state index in [1.165, 1.54) is 0 Å². The molecule has 3 nitrogen and oxygen atoms in total. The largest absolute Gasteiger partial charge is 0.481 e. The first-order valence-electron chi connectivity index (χ1n) is 8.45. The molecule has 0 aliphatic heterocycles. The zero-order chi connectivity index (χ0) is 17.5. The quantitative estimate of drug-likeness (QED) is 0.678. The number of carbonyl (C=O) groups excluding carboxylic acids is 1. The standard InChI is InChI=1S/C22H21NO2/c1-2-21(25-18-13-7-4-8-14-18)22(24)23-20-16-10-9-15-19(20)17-11-5-3-6-12-17/h3-16,21H,2H2,1H3,(H,23,24)/t21-/m1/s1. The number of rotatable bonds is 6. The van der Waals surface area contributed by atoms with E-state index in [1.54, 1.807) is 0 Å². The van der Waals surface area contributed by atoms with Crippen LogP contribution >= 0.6 is 0 Å². The van der Waals surface area contributed by atoms with Crippen LogP contribution in [0.15, 0.2) is 84.9 Å². The lowest BCUT2D eigenvalue weighted by atomic mass is 10.0. The van der Waals surface area contributed by atoms with E-state index in [1.807, 2.05) is 91.9 Å². The fourth-order valence-electron chi connectivity index (χ4n) is 2.66. The third-order valence-corrected chi connectivity index (χ3v) is 3.95. The Bertz CT molecular complexity index is 816. The highest BCUT2D eigenvalue weighted by molar-refractivity contribution is 5.98. The number of hydrogen-bond acceptors (Lipinski definition) is 2. The summed E-state index contributed by atoms with van der Waals surface area (Å²) in [6.07, 6.45) is 0.0556. The van der Waals surface area contributed by atoms with Crippen molar-refractivity contribution in [3.05, 3.63) is 84.9 Å². The van der Waals surface area contributed by atoms with E-state index in [2.05, 4.69) is 5.32 Å². The van der Waals surface area contributed by atoms with Crippen LogP contribution in [0.3, 0.4) is 0 Å². The molecule has 0 saturated carbocycles. The summed E-state index contributed by atoms with van der Waals surface area (Å²) in [6, 6.07) is 27.2. The van der Waals surface area contributed by atoms with Gasteiger partial charge < -0.3 is 10.1 Å². The maximum atomic E-state index is 12.7. The van der Waals surface area contributed by atoms with E-state index in [-0.39, 0.29) is 5.91 Å². The topological polar surface area (TPSA) is 38.3 Å². The molecule has 0 radical (unpaired) electrons. The number of carbonyl (C=O) groups is 1. The molecule has 0 unspecified atom stereocenters. The predicted molar refractivity (Wildman–Crippen MR) is 102 cm³/mol. The fraction of sp³-hybridized carbons (Fsp3) is 0.136. The van der Waals surface area contributed by atoms with Crippen LogP contribution in [0.4, 0.5) is 5.69 Å². The lowest BCUT2D eigenvalue weighted by Gasteiger charge is -2.18. The van der Waals surface area contributed by atoms with Gasteiger partial charge in [0.15, 0.2) is 6.10 Å². The number of hydrogen-bond donors (Lipinski definition) is 1. The van der Waals surface area contributed by atoms with Crippen LogP contribution in [-0.4, -0.2) is 12.0 Å². The van der Waals surface area contributed by atoms with Gasteiger partial charge in [-0.3, -0.25) is 4.79 Å². The zero-order valence-electron chi connectivity index (χ0n) is 14.2. The first kappa shape index (κ1) is 16.8. The summed E-state index contributed by atoms with van der Waals surface area (Å²) in [5, 5.41) is 3.02. The second-order valence-electron chi connectivity index (χ2n) is 5.73. The molecular formula is C22H21NO2. The molecule has 0 heterocycles. The Labute approximate surface area is 148 Å². The fourth-order valence-corrected chi connectivity index (χ4v) is 2.66. The molecule has 1 N–H and O–H groups in total. The van der Waals surface area contributed by atoms with Gasteiger partial charge >= 0.3 is 0 Å². The van der Waals surface area contributed by atoms with Crippen molar-refractivity contribution in [1.29, 1.82) is 0 Å². The SMILES string of the molecule is CC[C@@H](Oc1ccccc1)C(=O)Nc1ccccc1-c1ccccc1. The normalized spacial score (nSPS) is 11.6. The highest BCUT2D eigenvalue weighted by Gasteiger charge is 2.19. The molecule has 126 valence electrons. The maximum absolute atomic E-state index is 12.7. The van der Waals surface area contributed by atoms with Crippen molar-refractivity contribution in [2.45, 2.75) is 19.4 Å². The third kappa shape index (κ3) is 4.27. The molecule has 3 aromatic rings. The van der Waals surface area contributed by atoms with E-state index in [9.17, 15) is 4.79 Å². The number of anilines is 1. The third-order valence-electron chi connectivity index (χ3n) is 3.95. The first-order chi connectivity index (χ1) is 12.3. The van der Waals surface area contributed by atoms with Gasteiger partial charge in [-0.15, -0.1) is 0 Å². The molecule has 0 bridgehead atoms. The summed E-state index contributed by atoms with van der Waals surface area (Å²) < 4.78 is 5.83. The average molecular weight is 331 g/mol. The van der Waals surface area contributed by atoms with Gasteiger partial charge in [0.25, 0.3) is 5.91 Å². The van der Waals surface area contributed by atoms with E-state index < -0.39 is 6.10 Å². The number of nitrogens with one attached hydrogen (secondary N) is 1. The molecule has 0 fully saturated rings. The van der Waals surface area contributed by atoms with E-state index in [0.717, 1.165) is 16.8 Å². The maximum Gasteiger partial charge on any atom is 0.265 e. The molecule has 0 aromatic heterocycles. The number of amides is 1. The minimum Gasteiger partial charge on any atom is -0.481 e. The van der Waals surface area contributed by atoms with Crippen molar-refractivity contribution in [3.63, 3.8) is 0 Å². The zero-order valence-corrected chi connectivity index (χ0v) is 14.2. The van der Waals surface area contributed by atoms with Crippen molar-refractivity contribution >= 4 is 11.6 Å². The van der Waals surface area contributed by atoms with Gasteiger partial charge in [0.05, 0.1) is 0 Å². The second-order valence-corrected chi connectivity index (χ2v) is 5.73. The van der Waals surface area contributed by atoms with E-state index in [4.69, 9.17) is 4.74 Å². The van der Waals surface area contributed by atoms with Gasteiger partial charge in [0.2, 0.25) is 0 Å². The first-order valence-corrected chi connectivity index (χ1v) is 8.45. The summed E-state index contributed by atoms with van der Waals surface area (Å²) in [6.45, 7) is 1.94. The monoisotopic (exact) mass is 331 g/mol. The molecule has 0 aliphatic rings. The molecule has 1 amide bonds. The Balaban J connectivity index is 1.78. The molecular weight excluding hydrogens is 310 g/mol. The average Bonchev–Trinajstić information content (AvgIpc) is 2.68. The Kier molecular flexibility index (Phi) is 5.47. The van der Waals surface area contributed by atoms with Crippen LogP contribution in [-0.2, 0) is 4.79 Å². The van der Waals surface area contributed by atoms with Crippen molar-refractivity contribution in [2.24, 2.45) is 0 Å². The smallest absolute Gasteiger partial charge is 0.265 e. The minimum absolute atomic E-state index is 0.144. The Morgan fingerprint density at radius 1 is 0.880 bits per heavy atom. The van der Waals surface area contributed by atoms with Crippen LogP contribution in [0.1, 0.15) is 13.3 Å². The summed E-state index contributed by atoms with van der Waals surface area (Å²) in [5.41, 5.74) is 2.84. The van der Waals surface area contributed by atoms with Gasteiger partial charge in [-0.05, 0) is 30.2 Å². The number of benzene rings is 3. The molecule has 0 saturated heterocycles. The van der Waals surface area contributed by atoms with Crippen molar-refractivity contribution in [1.82, 2.24) is 0 Å². The van der Waals surface area contributed by atoms with Gasteiger partial charge in [0.1, 0.15) is 5.75 Å². The predicted octanol–water partition coefficient (Wildman–Crippen LogP) is 5.15. The Morgan fingerprint density at radius 2 is 1.48 bits per heavy atom. The lowest BCUT2D eigenvalue weighted by Crippen LogP contribution is -2.32. The summed E-state index contributed by atoms with van der Waals surface area (Å²) in [7, 11) is 0. The number of para-hydroxylation sites is 2. The summed E-state index contributed by atoms with van der Waals surface area (Å²) in [4.78, 5) is 12.7. The van der Waals surface area contributed by atoms with Crippen LogP contribution in [0.5, 0.6) is 5.75 Å². The Hall–Kier alpha value is -3.07. The van der Waals surface area contributed by atoms with Crippen LogP contribution in [0, 0.1) is 0 Å². The van der Waals surface area contributed by atoms with Crippen molar-refractivity contribution < 1.29 is 9.53 Å². The molecule has 0 spiro atoms. The van der Waals surface area contributed by atoms with Gasteiger partial charge in [-0.1, -0.05) is 73.7 Å². The molecule has 3 rings (SSSR count). The minimum atomic E-state index is -0.536. The van der Waals surface area contributed by atoms with Gasteiger partial charge in [-0.25, -0.2) is 0 Å². The van der Waals surface area contributed by atoms with E-state index >= 15 is 0 Å². The molecule has 1 atom stereocenters. The van der Waals surface area contributed by atoms with Gasteiger partial charge in [-0.2, -0.15) is 0 Å². The molecule has 0 aliphatic carbocycles. The highest BCUT2D eigenvalue weighted by atomic mass is 16.5. The van der Waals surface area contributed by atoms with Crippen molar-refractivity contribution in [2.75, 3.05) is 5.32 Å². The van der Waals surface area contributed by atoms with Gasteiger partial charge in [0, 0.05) is 11.3 Å². The molecule has 3 aromatic carbocycles. The summed E-state index contributed by atoms with van der Waals surface area (Å²) in [5.74, 6) is 0.551. The second kappa shape index (κ2) is 8.15. The van der Waals surface area contributed by atoms with Crippen molar-refractivity contribution in [3.8, 4) is 16.9 Å². The summed E-state index contributed by atoms with van der Waals surface area (Å²) >= 11 is 0. The highest BCUT2D eigenvalue weighted by Crippen LogP contribution is 2.28. The Morgan fingerprint density at radius 3 is 2.16 bits per heavy atom. The molecule has 25 heavy (non-hydrogen) atoms. The van der Waals surface area contributed by atoms with E-state index in [0.29, 0.717) is 12.2 Å². The van der Waals surface area contributed by atoms with Crippen LogP contribution < -0.4 is 10.1 Å². The van der Waals surface area contributed by atoms with Crippen LogP contribution in [0.2, 0.25) is 0 Å². The molecule has 3 heteroatoms. The lowest BCUT2D eigenvalue weighted by molar-refractivity contribution is -0.122.